The van der Waals surface area contributed by atoms with Crippen molar-refractivity contribution < 1.29 is 0 Å². The molecule has 0 spiro atoms. The molecule has 0 aliphatic heterocycles. The van der Waals surface area contributed by atoms with E-state index >= 15 is 0 Å². The van der Waals surface area contributed by atoms with E-state index in [0.717, 1.165) is 12.0 Å². The molecule has 1 atom stereocenters. The molecule has 0 aromatic heterocycles. The van der Waals surface area contributed by atoms with E-state index in [4.69, 9.17) is 0 Å². The van der Waals surface area contributed by atoms with Gasteiger partial charge in [0.05, 0.1) is 0 Å². The van der Waals surface area contributed by atoms with Crippen molar-refractivity contribution in [2.75, 3.05) is 18.6 Å². The summed E-state index contributed by atoms with van der Waals surface area (Å²) in [5.41, 5.74) is 0. The van der Waals surface area contributed by atoms with Gasteiger partial charge in [0.1, 0.15) is 0 Å². The molecule has 0 heterocycles. The molecule has 0 saturated heterocycles. The van der Waals surface area contributed by atoms with Gasteiger partial charge in [0.15, 0.2) is 0 Å². The van der Waals surface area contributed by atoms with Gasteiger partial charge < -0.3 is 5.32 Å². The summed E-state index contributed by atoms with van der Waals surface area (Å²) < 4.78 is 0. The highest BCUT2D eigenvalue weighted by Crippen LogP contribution is 2.29. The van der Waals surface area contributed by atoms with Crippen LogP contribution in [0.4, 0.5) is 0 Å². The lowest BCUT2D eigenvalue weighted by atomic mass is 9.97. The Labute approximate surface area is 99.8 Å². The van der Waals surface area contributed by atoms with Gasteiger partial charge in [0, 0.05) is 6.04 Å². The van der Waals surface area contributed by atoms with Gasteiger partial charge in [0.2, 0.25) is 0 Å². The average Bonchev–Trinajstić information content (AvgIpc) is 2.74. The molecule has 0 radical (unpaired) electrons. The van der Waals surface area contributed by atoms with Crippen molar-refractivity contribution in [3.8, 4) is 0 Å². The van der Waals surface area contributed by atoms with Crippen LogP contribution < -0.4 is 5.32 Å². The van der Waals surface area contributed by atoms with Crippen LogP contribution in [0.25, 0.3) is 0 Å². The fourth-order valence-electron chi connectivity index (χ4n) is 2.56. The molecule has 1 aliphatic rings. The number of hydrogen-bond donors (Lipinski definition) is 1. The van der Waals surface area contributed by atoms with Crippen LogP contribution in [0.15, 0.2) is 0 Å². The molecule has 0 aromatic carbocycles. The summed E-state index contributed by atoms with van der Waals surface area (Å²) in [4.78, 5) is 0. The molecular formula is C13H27NS. The fourth-order valence-corrected chi connectivity index (χ4v) is 3.08. The molecule has 1 N–H and O–H groups in total. The van der Waals surface area contributed by atoms with Gasteiger partial charge in [-0.15, -0.1) is 0 Å². The first-order valence-electron chi connectivity index (χ1n) is 6.59. The molecule has 0 aromatic rings. The van der Waals surface area contributed by atoms with Crippen LogP contribution in [0.1, 0.15) is 51.9 Å². The summed E-state index contributed by atoms with van der Waals surface area (Å²) in [6.07, 6.45) is 12.2. The molecule has 2 heteroatoms. The SMILES string of the molecule is CCCNC(CCSC)CC1CCCC1. The number of hydrogen-bond acceptors (Lipinski definition) is 2. The molecule has 1 aliphatic carbocycles. The highest BCUT2D eigenvalue weighted by Gasteiger charge is 2.19. The minimum absolute atomic E-state index is 0.792. The van der Waals surface area contributed by atoms with E-state index in [-0.39, 0.29) is 0 Å². The predicted molar refractivity (Wildman–Crippen MR) is 71.7 cm³/mol. The molecule has 1 rings (SSSR count). The molecule has 0 bridgehead atoms. The zero-order valence-corrected chi connectivity index (χ0v) is 11.2. The van der Waals surface area contributed by atoms with E-state index in [9.17, 15) is 0 Å². The van der Waals surface area contributed by atoms with Gasteiger partial charge in [-0.05, 0) is 43.7 Å². The first-order chi connectivity index (χ1) is 7.36. The van der Waals surface area contributed by atoms with Gasteiger partial charge >= 0.3 is 0 Å². The summed E-state index contributed by atoms with van der Waals surface area (Å²) in [5, 5.41) is 3.72. The van der Waals surface area contributed by atoms with Crippen LogP contribution in [0.2, 0.25) is 0 Å². The van der Waals surface area contributed by atoms with Crippen LogP contribution in [0, 0.1) is 5.92 Å². The molecule has 1 fully saturated rings. The van der Waals surface area contributed by atoms with E-state index in [1.165, 1.54) is 57.2 Å². The van der Waals surface area contributed by atoms with E-state index < -0.39 is 0 Å². The zero-order chi connectivity index (χ0) is 10.9. The van der Waals surface area contributed by atoms with Crippen molar-refractivity contribution in [3.05, 3.63) is 0 Å². The van der Waals surface area contributed by atoms with Crippen molar-refractivity contribution in [2.45, 2.75) is 57.9 Å². The number of rotatable bonds is 8. The first-order valence-corrected chi connectivity index (χ1v) is 7.98. The summed E-state index contributed by atoms with van der Waals surface area (Å²) in [5.74, 6) is 2.34. The van der Waals surface area contributed by atoms with E-state index in [1.54, 1.807) is 0 Å². The van der Waals surface area contributed by atoms with Gasteiger partial charge in [-0.25, -0.2) is 0 Å². The molecule has 15 heavy (non-hydrogen) atoms. The number of nitrogens with one attached hydrogen (secondary N) is 1. The highest BCUT2D eigenvalue weighted by molar-refractivity contribution is 7.98. The third-order valence-electron chi connectivity index (χ3n) is 3.45. The largest absolute Gasteiger partial charge is 0.314 e. The van der Waals surface area contributed by atoms with Crippen molar-refractivity contribution in [1.29, 1.82) is 0 Å². The maximum atomic E-state index is 3.72. The minimum Gasteiger partial charge on any atom is -0.314 e. The summed E-state index contributed by atoms with van der Waals surface area (Å²) in [7, 11) is 0. The number of thioether (sulfide) groups is 1. The van der Waals surface area contributed by atoms with Crippen molar-refractivity contribution in [2.24, 2.45) is 5.92 Å². The Hall–Kier alpha value is 0.310. The standard InChI is InChI=1S/C13H27NS/c1-3-9-14-13(8-10-15-2)11-12-6-4-5-7-12/h12-14H,3-11H2,1-2H3. The topological polar surface area (TPSA) is 12.0 Å². The second kappa shape index (κ2) is 8.46. The third-order valence-corrected chi connectivity index (χ3v) is 4.09. The van der Waals surface area contributed by atoms with Gasteiger partial charge in [-0.2, -0.15) is 11.8 Å². The Morgan fingerprint density at radius 1 is 1.33 bits per heavy atom. The van der Waals surface area contributed by atoms with Gasteiger partial charge in [0.25, 0.3) is 0 Å². The quantitative estimate of drug-likeness (QED) is 0.681. The Balaban J connectivity index is 2.19. The Kier molecular flexibility index (Phi) is 7.54. The van der Waals surface area contributed by atoms with E-state index in [2.05, 4.69) is 18.5 Å². The summed E-state index contributed by atoms with van der Waals surface area (Å²) in [6.45, 7) is 3.46. The van der Waals surface area contributed by atoms with Crippen LogP contribution >= 0.6 is 11.8 Å². The van der Waals surface area contributed by atoms with Crippen molar-refractivity contribution in [1.82, 2.24) is 5.32 Å². The Morgan fingerprint density at radius 2 is 2.07 bits per heavy atom. The van der Waals surface area contributed by atoms with E-state index in [0.29, 0.717) is 0 Å². The average molecular weight is 229 g/mol. The molecule has 90 valence electrons. The van der Waals surface area contributed by atoms with Gasteiger partial charge in [-0.3, -0.25) is 0 Å². The molecule has 0 amide bonds. The monoisotopic (exact) mass is 229 g/mol. The lowest BCUT2D eigenvalue weighted by molar-refractivity contribution is 0.381. The second-order valence-corrected chi connectivity index (χ2v) is 5.80. The molecule has 1 unspecified atom stereocenters. The van der Waals surface area contributed by atoms with Crippen LogP contribution in [-0.2, 0) is 0 Å². The Bertz CT molecular complexity index is 135. The molecule has 1 nitrogen and oxygen atoms in total. The lowest BCUT2D eigenvalue weighted by Gasteiger charge is -2.21. The lowest BCUT2D eigenvalue weighted by Crippen LogP contribution is -2.32. The Morgan fingerprint density at radius 3 is 2.67 bits per heavy atom. The normalized spacial score (nSPS) is 19.6. The maximum Gasteiger partial charge on any atom is 0.00775 e. The maximum absolute atomic E-state index is 3.72. The van der Waals surface area contributed by atoms with Crippen LogP contribution in [-0.4, -0.2) is 24.6 Å². The summed E-state index contributed by atoms with van der Waals surface area (Å²) in [6, 6.07) is 0.792. The van der Waals surface area contributed by atoms with Crippen LogP contribution in [0.5, 0.6) is 0 Å². The first kappa shape index (κ1) is 13.4. The van der Waals surface area contributed by atoms with Crippen LogP contribution in [0.3, 0.4) is 0 Å². The van der Waals surface area contributed by atoms with Crippen molar-refractivity contribution in [3.63, 3.8) is 0 Å². The minimum atomic E-state index is 0.792. The summed E-state index contributed by atoms with van der Waals surface area (Å²) >= 11 is 1.98. The predicted octanol–water partition coefficient (Wildman–Crippen LogP) is 3.69. The van der Waals surface area contributed by atoms with Crippen molar-refractivity contribution >= 4 is 11.8 Å². The van der Waals surface area contributed by atoms with Gasteiger partial charge in [-0.1, -0.05) is 32.6 Å². The molecule has 1 saturated carbocycles. The smallest absolute Gasteiger partial charge is 0.00775 e. The zero-order valence-electron chi connectivity index (χ0n) is 10.4. The third kappa shape index (κ3) is 5.82. The molecular weight excluding hydrogens is 202 g/mol. The fraction of sp³-hybridized carbons (Fsp3) is 1.00. The second-order valence-electron chi connectivity index (χ2n) is 4.82. The van der Waals surface area contributed by atoms with E-state index in [1.807, 2.05) is 11.8 Å². The highest BCUT2D eigenvalue weighted by atomic mass is 32.2.